The Balaban J connectivity index is 2.91. The smallest absolute Gasteiger partial charge is 0.408 e. The van der Waals surface area contributed by atoms with Gasteiger partial charge in [0.2, 0.25) is 11.8 Å². The predicted octanol–water partition coefficient (Wildman–Crippen LogP) is 8.76. The summed E-state index contributed by atoms with van der Waals surface area (Å²) < 4.78 is 10.9. The number of nitrogens with two attached hydrogens (primary N) is 1. The molecule has 0 radical (unpaired) electrons. The highest BCUT2D eigenvalue weighted by Gasteiger charge is 2.32. The van der Waals surface area contributed by atoms with Crippen molar-refractivity contribution in [2.45, 2.75) is 181 Å². The SMILES string of the molecule is CCCCCCCCCCCCC[C@@H](CC(N)=O)N(CCCCC)C(=O)[C@H](CCCC(=O)OCc1ccccc1)NC(=O)OC(C)(C)C. The Kier molecular flexibility index (Phi) is 23.1. The number of esters is 1. The van der Waals surface area contributed by atoms with E-state index in [1.54, 1.807) is 25.7 Å². The maximum Gasteiger partial charge on any atom is 0.408 e. The fourth-order valence-electron chi connectivity index (χ4n) is 5.82. The Labute approximate surface area is 291 Å². The first kappa shape index (κ1) is 42.9. The molecule has 0 heterocycles. The summed E-state index contributed by atoms with van der Waals surface area (Å²) in [4.78, 5) is 53.6. The van der Waals surface area contributed by atoms with Gasteiger partial charge in [0.1, 0.15) is 18.2 Å². The Morgan fingerprint density at radius 3 is 1.90 bits per heavy atom. The van der Waals surface area contributed by atoms with Gasteiger partial charge in [0.25, 0.3) is 0 Å². The minimum Gasteiger partial charge on any atom is -0.461 e. The third-order valence-electron chi connectivity index (χ3n) is 8.41. The fourth-order valence-corrected chi connectivity index (χ4v) is 5.82. The van der Waals surface area contributed by atoms with Crippen molar-refractivity contribution in [3.63, 3.8) is 0 Å². The second-order valence-electron chi connectivity index (χ2n) is 14.1. The quantitative estimate of drug-likeness (QED) is 0.0710. The highest BCUT2D eigenvalue weighted by atomic mass is 16.6. The van der Waals surface area contributed by atoms with Crippen LogP contribution in [0.15, 0.2) is 30.3 Å². The number of carbonyl (C=O) groups excluding carboxylic acids is 4. The van der Waals surface area contributed by atoms with Gasteiger partial charge >= 0.3 is 12.1 Å². The number of carbonyl (C=O) groups is 4. The van der Waals surface area contributed by atoms with E-state index in [-0.39, 0.29) is 43.8 Å². The van der Waals surface area contributed by atoms with Crippen molar-refractivity contribution in [3.05, 3.63) is 35.9 Å². The molecule has 0 bridgehead atoms. The number of amides is 3. The molecule has 0 aromatic heterocycles. The molecule has 0 aliphatic heterocycles. The number of hydrogen-bond donors (Lipinski definition) is 2. The van der Waals surface area contributed by atoms with Crippen LogP contribution in [0, 0.1) is 0 Å². The number of benzene rings is 1. The third-order valence-corrected chi connectivity index (χ3v) is 8.41. The van der Waals surface area contributed by atoms with Crippen molar-refractivity contribution in [2.75, 3.05) is 6.54 Å². The molecule has 274 valence electrons. The van der Waals surface area contributed by atoms with E-state index in [0.29, 0.717) is 19.4 Å². The molecule has 3 amide bonds. The van der Waals surface area contributed by atoms with Crippen LogP contribution >= 0.6 is 0 Å². The zero-order chi connectivity index (χ0) is 35.6. The van der Waals surface area contributed by atoms with Crippen LogP contribution in [-0.4, -0.2) is 53.0 Å². The number of primary amides is 1. The fraction of sp³-hybridized carbons (Fsp3) is 0.744. The van der Waals surface area contributed by atoms with E-state index < -0.39 is 23.6 Å². The van der Waals surface area contributed by atoms with Gasteiger partial charge in [-0.25, -0.2) is 4.79 Å². The van der Waals surface area contributed by atoms with E-state index in [2.05, 4.69) is 19.2 Å². The number of unbranched alkanes of at least 4 members (excludes halogenated alkanes) is 12. The molecular weight excluding hydrogens is 606 g/mol. The van der Waals surface area contributed by atoms with Gasteiger partial charge in [-0.15, -0.1) is 0 Å². The van der Waals surface area contributed by atoms with Gasteiger partial charge in [0.05, 0.1) is 0 Å². The first-order valence-corrected chi connectivity index (χ1v) is 18.7. The normalized spacial score (nSPS) is 12.6. The van der Waals surface area contributed by atoms with Gasteiger partial charge in [-0.1, -0.05) is 128 Å². The lowest BCUT2D eigenvalue weighted by Crippen LogP contribution is -2.53. The molecule has 9 nitrogen and oxygen atoms in total. The summed E-state index contributed by atoms with van der Waals surface area (Å²) in [5.74, 6) is -1.09. The molecule has 48 heavy (non-hydrogen) atoms. The second kappa shape index (κ2) is 25.9. The van der Waals surface area contributed by atoms with Crippen LogP contribution in [0.3, 0.4) is 0 Å². The van der Waals surface area contributed by atoms with Gasteiger partial charge in [-0.2, -0.15) is 0 Å². The third kappa shape index (κ3) is 21.7. The number of nitrogens with zero attached hydrogens (tertiary/aromatic N) is 1. The van der Waals surface area contributed by atoms with Crippen LogP contribution in [0.25, 0.3) is 0 Å². The summed E-state index contributed by atoms with van der Waals surface area (Å²) >= 11 is 0. The number of nitrogens with one attached hydrogen (secondary N) is 1. The summed E-state index contributed by atoms with van der Waals surface area (Å²) in [5, 5.41) is 2.78. The van der Waals surface area contributed by atoms with Crippen LogP contribution in [0.2, 0.25) is 0 Å². The molecule has 0 aliphatic rings. The van der Waals surface area contributed by atoms with Gasteiger partial charge in [-0.3, -0.25) is 14.4 Å². The van der Waals surface area contributed by atoms with Gasteiger partial charge in [0, 0.05) is 25.4 Å². The Bertz CT molecular complexity index is 1030. The number of hydrogen-bond acceptors (Lipinski definition) is 6. The lowest BCUT2D eigenvalue weighted by atomic mass is 9.99. The van der Waals surface area contributed by atoms with Crippen molar-refractivity contribution < 1.29 is 28.7 Å². The van der Waals surface area contributed by atoms with Crippen molar-refractivity contribution in [1.82, 2.24) is 10.2 Å². The average Bonchev–Trinajstić information content (AvgIpc) is 3.03. The predicted molar refractivity (Wildman–Crippen MR) is 193 cm³/mol. The Morgan fingerprint density at radius 1 is 0.771 bits per heavy atom. The minimum absolute atomic E-state index is 0.0700. The topological polar surface area (TPSA) is 128 Å². The summed E-state index contributed by atoms with van der Waals surface area (Å²) in [6.45, 7) is 10.3. The molecule has 0 saturated carbocycles. The number of rotatable bonds is 27. The van der Waals surface area contributed by atoms with E-state index in [0.717, 1.165) is 44.1 Å². The van der Waals surface area contributed by atoms with E-state index in [1.807, 2.05) is 30.3 Å². The molecule has 1 rings (SSSR count). The highest BCUT2D eigenvalue weighted by Crippen LogP contribution is 2.20. The van der Waals surface area contributed by atoms with Crippen LogP contribution in [0.1, 0.15) is 162 Å². The Morgan fingerprint density at radius 2 is 1.33 bits per heavy atom. The first-order valence-electron chi connectivity index (χ1n) is 18.7. The van der Waals surface area contributed by atoms with E-state index in [9.17, 15) is 19.2 Å². The average molecular weight is 674 g/mol. The molecule has 0 unspecified atom stereocenters. The molecule has 1 aromatic rings. The van der Waals surface area contributed by atoms with Crippen molar-refractivity contribution in [2.24, 2.45) is 5.73 Å². The lowest BCUT2D eigenvalue weighted by molar-refractivity contribution is -0.145. The number of ether oxygens (including phenoxy) is 2. The van der Waals surface area contributed by atoms with Gasteiger partial charge in [-0.05, 0) is 52.0 Å². The maximum absolute atomic E-state index is 14.2. The minimum atomic E-state index is -0.920. The monoisotopic (exact) mass is 674 g/mol. The molecular formula is C39H67N3O6. The van der Waals surface area contributed by atoms with E-state index >= 15 is 0 Å². The summed E-state index contributed by atoms with van der Waals surface area (Å²) in [6, 6.07) is 8.17. The van der Waals surface area contributed by atoms with Crippen LogP contribution in [0.4, 0.5) is 4.79 Å². The summed E-state index contributed by atoms with van der Waals surface area (Å²) in [6.07, 6.45) is 16.7. The molecule has 0 saturated heterocycles. The van der Waals surface area contributed by atoms with E-state index in [4.69, 9.17) is 15.2 Å². The summed E-state index contributed by atoms with van der Waals surface area (Å²) in [7, 11) is 0. The van der Waals surface area contributed by atoms with Crippen molar-refractivity contribution in [3.8, 4) is 0 Å². The number of alkyl carbamates (subject to hydrolysis) is 1. The molecule has 0 aliphatic carbocycles. The highest BCUT2D eigenvalue weighted by molar-refractivity contribution is 5.86. The molecule has 3 N–H and O–H groups in total. The zero-order valence-corrected chi connectivity index (χ0v) is 30.9. The second-order valence-corrected chi connectivity index (χ2v) is 14.1. The zero-order valence-electron chi connectivity index (χ0n) is 30.9. The maximum atomic E-state index is 14.2. The van der Waals surface area contributed by atoms with Crippen LogP contribution < -0.4 is 11.1 Å². The summed E-state index contributed by atoms with van der Waals surface area (Å²) in [5.41, 5.74) is 5.86. The molecule has 9 heteroatoms. The van der Waals surface area contributed by atoms with E-state index in [1.165, 1.54) is 51.4 Å². The van der Waals surface area contributed by atoms with Crippen molar-refractivity contribution in [1.29, 1.82) is 0 Å². The lowest BCUT2D eigenvalue weighted by Gasteiger charge is -2.35. The molecule has 1 aromatic carbocycles. The first-order chi connectivity index (χ1) is 23.0. The molecule has 0 fully saturated rings. The van der Waals surface area contributed by atoms with Crippen molar-refractivity contribution >= 4 is 23.9 Å². The standard InChI is InChI=1S/C39H67N3O6/c1-6-8-10-11-12-13-14-15-16-17-21-26-33(30-35(40)43)42(29-22-9-7-2)37(45)34(41-38(46)48-39(3,4)5)27-23-28-36(44)47-31-32-24-19-18-20-25-32/h18-20,24-25,33-34H,6-17,21-23,26-31H2,1-5H3,(H2,40,43)(H,41,46)/t33-,34-/m0/s1. The van der Waals surface area contributed by atoms with Gasteiger partial charge in [0.15, 0.2) is 0 Å². The largest absolute Gasteiger partial charge is 0.461 e. The Hall–Kier alpha value is -3.10. The van der Waals surface area contributed by atoms with Crippen LogP contribution in [0.5, 0.6) is 0 Å². The van der Waals surface area contributed by atoms with Crippen LogP contribution in [-0.2, 0) is 30.5 Å². The van der Waals surface area contributed by atoms with Gasteiger partial charge < -0.3 is 25.4 Å². The molecule has 0 spiro atoms. The molecule has 2 atom stereocenters.